The minimum Gasteiger partial charge on any atom is -0.469 e. The molecule has 1 heterocycles. The Balaban J connectivity index is 2.19. The summed E-state index contributed by atoms with van der Waals surface area (Å²) in [6, 6.07) is 0. The first-order valence-corrected chi connectivity index (χ1v) is 5.60. The van der Waals surface area contributed by atoms with Crippen molar-refractivity contribution in [3.05, 3.63) is 11.7 Å². The third kappa shape index (κ3) is 2.08. The average molecular weight is 224 g/mol. The number of hydrogen-bond acceptors (Lipinski definition) is 5. The Labute approximate surface area is 94.2 Å². The molecule has 2 rings (SSSR count). The van der Waals surface area contributed by atoms with Crippen LogP contribution in [0.25, 0.3) is 0 Å². The molecule has 1 fully saturated rings. The molecule has 0 spiro atoms. The van der Waals surface area contributed by atoms with Crippen molar-refractivity contribution in [2.45, 2.75) is 38.5 Å². The van der Waals surface area contributed by atoms with Gasteiger partial charge in [0, 0.05) is 0 Å². The van der Waals surface area contributed by atoms with E-state index in [0.717, 1.165) is 25.7 Å². The lowest BCUT2D eigenvalue weighted by molar-refractivity contribution is -0.147. The van der Waals surface area contributed by atoms with E-state index in [2.05, 4.69) is 10.1 Å². The number of aromatic nitrogens is 2. The number of nitrogens with zero attached hydrogens (tertiary/aromatic N) is 2. The molecule has 16 heavy (non-hydrogen) atoms. The van der Waals surface area contributed by atoms with Gasteiger partial charge in [0.15, 0.2) is 5.82 Å². The molecule has 2 unspecified atom stereocenters. The maximum Gasteiger partial charge on any atom is 0.309 e. The zero-order chi connectivity index (χ0) is 11.5. The van der Waals surface area contributed by atoms with Crippen LogP contribution in [0.4, 0.5) is 0 Å². The second-order valence-electron chi connectivity index (χ2n) is 4.20. The SMILES string of the molecule is COC(=O)C1CCCCC1c1nc(C)no1. The second-order valence-corrected chi connectivity index (χ2v) is 4.20. The molecule has 0 N–H and O–H groups in total. The van der Waals surface area contributed by atoms with Crippen LogP contribution in [0.5, 0.6) is 0 Å². The zero-order valence-corrected chi connectivity index (χ0v) is 9.60. The van der Waals surface area contributed by atoms with E-state index in [4.69, 9.17) is 9.26 Å². The fourth-order valence-corrected chi connectivity index (χ4v) is 2.32. The number of aryl methyl sites for hydroxylation is 1. The van der Waals surface area contributed by atoms with E-state index in [0.29, 0.717) is 11.7 Å². The van der Waals surface area contributed by atoms with Crippen molar-refractivity contribution in [2.75, 3.05) is 7.11 Å². The molecule has 5 heteroatoms. The standard InChI is InChI=1S/C11H16N2O3/c1-7-12-10(16-13-7)8-5-3-4-6-9(8)11(14)15-2/h8-9H,3-6H2,1-2H3. The Hall–Kier alpha value is -1.39. The van der Waals surface area contributed by atoms with E-state index >= 15 is 0 Å². The van der Waals surface area contributed by atoms with Gasteiger partial charge in [0.05, 0.1) is 18.9 Å². The van der Waals surface area contributed by atoms with Gasteiger partial charge in [-0.2, -0.15) is 4.98 Å². The molecular formula is C11H16N2O3. The predicted octanol–water partition coefficient (Wildman–Crippen LogP) is 1.82. The van der Waals surface area contributed by atoms with Crippen LogP contribution in [-0.4, -0.2) is 23.2 Å². The fraction of sp³-hybridized carbons (Fsp3) is 0.727. The molecule has 1 saturated carbocycles. The van der Waals surface area contributed by atoms with E-state index in [9.17, 15) is 4.79 Å². The van der Waals surface area contributed by atoms with Crippen LogP contribution >= 0.6 is 0 Å². The lowest BCUT2D eigenvalue weighted by atomic mass is 9.79. The summed E-state index contributed by atoms with van der Waals surface area (Å²) in [7, 11) is 1.42. The molecule has 0 bridgehead atoms. The van der Waals surface area contributed by atoms with Gasteiger partial charge in [0.25, 0.3) is 0 Å². The lowest BCUT2D eigenvalue weighted by Crippen LogP contribution is -2.27. The van der Waals surface area contributed by atoms with Crippen molar-refractivity contribution < 1.29 is 14.1 Å². The molecule has 1 aliphatic carbocycles. The number of methoxy groups -OCH3 is 1. The molecule has 1 aromatic rings. The Morgan fingerprint density at radius 2 is 2.19 bits per heavy atom. The van der Waals surface area contributed by atoms with Crippen molar-refractivity contribution >= 4 is 5.97 Å². The average Bonchev–Trinajstić information content (AvgIpc) is 2.75. The molecule has 5 nitrogen and oxygen atoms in total. The maximum atomic E-state index is 11.6. The topological polar surface area (TPSA) is 65.2 Å². The largest absolute Gasteiger partial charge is 0.469 e. The van der Waals surface area contributed by atoms with Crippen molar-refractivity contribution in [3.8, 4) is 0 Å². The monoisotopic (exact) mass is 224 g/mol. The number of ether oxygens (including phenoxy) is 1. The summed E-state index contributed by atoms with van der Waals surface area (Å²) in [6.45, 7) is 1.78. The summed E-state index contributed by atoms with van der Waals surface area (Å²) in [6.07, 6.45) is 3.92. The van der Waals surface area contributed by atoms with Gasteiger partial charge >= 0.3 is 5.97 Å². The van der Waals surface area contributed by atoms with Crippen LogP contribution in [-0.2, 0) is 9.53 Å². The third-order valence-corrected chi connectivity index (χ3v) is 3.13. The summed E-state index contributed by atoms with van der Waals surface area (Å²) >= 11 is 0. The Kier molecular flexibility index (Phi) is 3.22. The Morgan fingerprint density at radius 3 is 2.81 bits per heavy atom. The van der Waals surface area contributed by atoms with Gasteiger partial charge in [0.1, 0.15) is 0 Å². The normalized spacial score (nSPS) is 25.4. The molecule has 88 valence electrons. The van der Waals surface area contributed by atoms with Gasteiger partial charge in [-0.05, 0) is 19.8 Å². The van der Waals surface area contributed by atoms with Gasteiger partial charge in [-0.1, -0.05) is 18.0 Å². The van der Waals surface area contributed by atoms with E-state index in [1.54, 1.807) is 6.92 Å². The van der Waals surface area contributed by atoms with Gasteiger partial charge in [-0.15, -0.1) is 0 Å². The molecule has 1 aromatic heterocycles. The first-order chi connectivity index (χ1) is 7.72. The fourth-order valence-electron chi connectivity index (χ4n) is 2.32. The van der Waals surface area contributed by atoms with Crippen LogP contribution < -0.4 is 0 Å². The van der Waals surface area contributed by atoms with Crippen molar-refractivity contribution in [2.24, 2.45) is 5.92 Å². The summed E-state index contributed by atoms with van der Waals surface area (Å²) < 4.78 is 9.98. The maximum absolute atomic E-state index is 11.6. The molecule has 0 aromatic carbocycles. The minimum atomic E-state index is -0.166. The molecule has 0 aliphatic heterocycles. The molecule has 0 radical (unpaired) electrons. The van der Waals surface area contributed by atoms with Crippen LogP contribution in [0.3, 0.4) is 0 Å². The summed E-state index contributed by atoms with van der Waals surface area (Å²) in [5.41, 5.74) is 0. The number of rotatable bonds is 2. The quantitative estimate of drug-likeness (QED) is 0.717. The van der Waals surface area contributed by atoms with Crippen molar-refractivity contribution in [1.82, 2.24) is 10.1 Å². The number of hydrogen-bond donors (Lipinski definition) is 0. The smallest absolute Gasteiger partial charge is 0.309 e. The van der Waals surface area contributed by atoms with Crippen molar-refractivity contribution in [3.63, 3.8) is 0 Å². The Morgan fingerprint density at radius 1 is 1.44 bits per heavy atom. The van der Waals surface area contributed by atoms with Gasteiger partial charge < -0.3 is 9.26 Å². The molecule has 0 saturated heterocycles. The number of carbonyl (C=O) groups is 1. The predicted molar refractivity (Wildman–Crippen MR) is 55.8 cm³/mol. The highest BCUT2D eigenvalue weighted by atomic mass is 16.5. The molecular weight excluding hydrogens is 208 g/mol. The highest BCUT2D eigenvalue weighted by Crippen LogP contribution is 2.37. The van der Waals surface area contributed by atoms with Gasteiger partial charge in [-0.25, -0.2) is 0 Å². The van der Waals surface area contributed by atoms with Crippen molar-refractivity contribution in [1.29, 1.82) is 0 Å². The van der Waals surface area contributed by atoms with Crippen LogP contribution in [0.1, 0.15) is 43.3 Å². The molecule has 2 atom stereocenters. The van der Waals surface area contributed by atoms with Crippen LogP contribution in [0.2, 0.25) is 0 Å². The highest BCUT2D eigenvalue weighted by molar-refractivity contribution is 5.73. The number of esters is 1. The first kappa shape index (κ1) is 11.1. The Bertz CT molecular complexity index is 375. The molecule has 0 amide bonds. The third-order valence-electron chi connectivity index (χ3n) is 3.13. The van der Waals surface area contributed by atoms with E-state index in [1.807, 2.05) is 0 Å². The number of carbonyl (C=O) groups excluding carboxylic acids is 1. The second kappa shape index (κ2) is 4.63. The van der Waals surface area contributed by atoms with E-state index < -0.39 is 0 Å². The zero-order valence-electron chi connectivity index (χ0n) is 9.60. The van der Waals surface area contributed by atoms with Gasteiger partial charge in [-0.3, -0.25) is 4.79 Å². The lowest BCUT2D eigenvalue weighted by Gasteiger charge is -2.26. The van der Waals surface area contributed by atoms with E-state index in [-0.39, 0.29) is 17.8 Å². The summed E-state index contributed by atoms with van der Waals surface area (Å²) in [4.78, 5) is 15.9. The summed E-state index contributed by atoms with van der Waals surface area (Å²) in [5, 5.41) is 3.77. The molecule has 1 aliphatic rings. The van der Waals surface area contributed by atoms with Crippen LogP contribution in [0, 0.1) is 12.8 Å². The summed E-state index contributed by atoms with van der Waals surface area (Å²) in [5.74, 6) is 0.929. The van der Waals surface area contributed by atoms with Crippen LogP contribution in [0.15, 0.2) is 4.52 Å². The van der Waals surface area contributed by atoms with E-state index in [1.165, 1.54) is 7.11 Å². The highest BCUT2D eigenvalue weighted by Gasteiger charge is 2.36. The minimum absolute atomic E-state index is 0.0300. The van der Waals surface area contributed by atoms with Gasteiger partial charge in [0.2, 0.25) is 5.89 Å². The first-order valence-electron chi connectivity index (χ1n) is 5.60.